The van der Waals surface area contributed by atoms with E-state index < -0.39 is 17.8 Å². The molecule has 7 nitrogen and oxygen atoms in total. The van der Waals surface area contributed by atoms with E-state index in [1.54, 1.807) is 0 Å². The number of rotatable bonds is 5. The summed E-state index contributed by atoms with van der Waals surface area (Å²) in [6.07, 6.45) is 2.14. The van der Waals surface area contributed by atoms with Crippen LogP contribution >= 0.6 is 0 Å². The number of aromatic nitrogens is 3. The van der Waals surface area contributed by atoms with E-state index in [-0.39, 0.29) is 11.7 Å². The fraction of sp³-hybridized carbons (Fsp3) is 0.150. The molecule has 8 heteroatoms. The molecule has 28 heavy (non-hydrogen) atoms. The van der Waals surface area contributed by atoms with Crippen LogP contribution in [0.4, 0.5) is 10.2 Å². The van der Waals surface area contributed by atoms with E-state index in [1.165, 1.54) is 25.1 Å². The molecular weight excluding hydrogens is 361 g/mol. The average Bonchev–Trinajstić information content (AvgIpc) is 3.25. The van der Waals surface area contributed by atoms with Crippen LogP contribution in [0.3, 0.4) is 0 Å². The summed E-state index contributed by atoms with van der Waals surface area (Å²) < 4.78 is 13.3. The van der Waals surface area contributed by atoms with Crippen molar-refractivity contribution >= 4 is 39.4 Å². The maximum atomic E-state index is 13.3. The summed E-state index contributed by atoms with van der Waals surface area (Å²) >= 11 is 0. The van der Waals surface area contributed by atoms with Crippen molar-refractivity contribution in [3.8, 4) is 0 Å². The Morgan fingerprint density at radius 3 is 2.79 bits per heavy atom. The molecule has 4 rings (SSSR count). The number of hydrogen-bond acceptors (Lipinski definition) is 3. The second-order valence-electron chi connectivity index (χ2n) is 6.57. The standard InChI is InChI=1S/C20H18FN5O2/c1-11(27)23-18(8-12-10-22-16-5-3-2-4-14(12)16)20(28)24-19-15-7-6-13(21)9-17(15)25-26-19/h2-7,9-10,18,22H,8H2,1H3,(H,23,27)(H2,24,25,26,28)/t18-/m0/s1. The number of aromatic amines is 2. The molecule has 2 aromatic heterocycles. The van der Waals surface area contributed by atoms with Gasteiger partial charge in [-0.15, -0.1) is 0 Å². The largest absolute Gasteiger partial charge is 0.361 e. The molecule has 0 aliphatic rings. The second kappa shape index (κ2) is 7.15. The molecule has 4 N–H and O–H groups in total. The number of halogens is 1. The first-order valence-electron chi connectivity index (χ1n) is 8.78. The van der Waals surface area contributed by atoms with Crippen LogP contribution in [0.15, 0.2) is 48.7 Å². The molecule has 2 heterocycles. The van der Waals surface area contributed by atoms with Crippen LogP contribution in [0, 0.1) is 5.82 Å². The van der Waals surface area contributed by atoms with Gasteiger partial charge in [-0.3, -0.25) is 14.7 Å². The highest BCUT2D eigenvalue weighted by atomic mass is 19.1. The molecule has 0 radical (unpaired) electrons. The second-order valence-corrected chi connectivity index (χ2v) is 6.57. The monoisotopic (exact) mass is 379 g/mol. The Morgan fingerprint density at radius 2 is 1.96 bits per heavy atom. The molecule has 2 amide bonds. The number of benzene rings is 2. The number of anilines is 1. The summed E-state index contributed by atoms with van der Waals surface area (Å²) in [7, 11) is 0. The fourth-order valence-electron chi connectivity index (χ4n) is 3.27. The molecule has 1 atom stereocenters. The van der Waals surface area contributed by atoms with E-state index in [9.17, 15) is 14.0 Å². The van der Waals surface area contributed by atoms with Gasteiger partial charge in [0, 0.05) is 35.8 Å². The van der Waals surface area contributed by atoms with Crippen molar-refractivity contribution in [2.24, 2.45) is 0 Å². The lowest BCUT2D eigenvalue weighted by atomic mass is 10.0. The first kappa shape index (κ1) is 17.7. The first-order chi connectivity index (χ1) is 13.5. The van der Waals surface area contributed by atoms with Gasteiger partial charge in [0.2, 0.25) is 11.8 Å². The Labute approximate surface area is 159 Å². The minimum Gasteiger partial charge on any atom is -0.361 e. The number of H-pyrrole nitrogens is 2. The van der Waals surface area contributed by atoms with E-state index in [0.717, 1.165) is 16.5 Å². The highest BCUT2D eigenvalue weighted by Crippen LogP contribution is 2.22. The van der Waals surface area contributed by atoms with E-state index in [4.69, 9.17) is 0 Å². The molecule has 0 unspecified atom stereocenters. The number of hydrogen-bond donors (Lipinski definition) is 4. The number of para-hydroxylation sites is 1. The van der Waals surface area contributed by atoms with E-state index in [1.807, 2.05) is 30.5 Å². The molecule has 4 aromatic rings. The predicted octanol–water partition coefficient (Wildman–Crippen LogP) is 2.87. The Kier molecular flexibility index (Phi) is 4.52. The summed E-state index contributed by atoms with van der Waals surface area (Å²) in [5.74, 6) is -0.828. The molecule has 142 valence electrons. The van der Waals surface area contributed by atoms with Crippen molar-refractivity contribution in [2.45, 2.75) is 19.4 Å². The SMILES string of the molecule is CC(=O)N[C@@H](Cc1c[nH]c2ccccc12)C(=O)Nc1n[nH]c2cc(F)ccc12. The van der Waals surface area contributed by atoms with Crippen molar-refractivity contribution in [1.29, 1.82) is 0 Å². The maximum Gasteiger partial charge on any atom is 0.248 e. The quantitative estimate of drug-likeness (QED) is 0.429. The van der Waals surface area contributed by atoms with Gasteiger partial charge in [0.25, 0.3) is 0 Å². The zero-order valence-electron chi connectivity index (χ0n) is 15.0. The Hall–Kier alpha value is -3.68. The molecule has 0 bridgehead atoms. The lowest BCUT2D eigenvalue weighted by molar-refractivity contribution is -0.125. The van der Waals surface area contributed by atoms with Crippen molar-refractivity contribution in [3.05, 3.63) is 60.0 Å². The van der Waals surface area contributed by atoms with Gasteiger partial charge in [-0.05, 0) is 29.8 Å². The molecule has 0 aliphatic carbocycles. The molecule has 0 fully saturated rings. The third-order valence-corrected chi connectivity index (χ3v) is 4.56. The smallest absolute Gasteiger partial charge is 0.248 e. The average molecular weight is 379 g/mol. The van der Waals surface area contributed by atoms with Crippen molar-refractivity contribution in [2.75, 3.05) is 5.32 Å². The lowest BCUT2D eigenvalue weighted by Gasteiger charge is -2.16. The maximum absolute atomic E-state index is 13.3. The summed E-state index contributed by atoms with van der Waals surface area (Å²) in [5.41, 5.74) is 2.35. The number of nitrogens with one attached hydrogen (secondary N) is 4. The molecule has 0 saturated heterocycles. The predicted molar refractivity (Wildman–Crippen MR) is 104 cm³/mol. The van der Waals surface area contributed by atoms with Crippen LogP contribution in [0.5, 0.6) is 0 Å². The van der Waals surface area contributed by atoms with Crippen LogP contribution in [-0.4, -0.2) is 33.0 Å². The van der Waals surface area contributed by atoms with Gasteiger partial charge in [-0.2, -0.15) is 5.10 Å². The zero-order valence-corrected chi connectivity index (χ0v) is 15.0. The van der Waals surface area contributed by atoms with Crippen molar-refractivity contribution < 1.29 is 14.0 Å². The first-order valence-corrected chi connectivity index (χ1v) is 8.78. The Balaban J connectivity index is 1.59. The van der Waals surface area contributed by atoms with Crippen LogP contribution in [0.25, 0.3) is 21.8 Å². The molecule has 2 aromatic carbocycles. The van der Waals surface area contributed by atoms with Gasteiger partial charge in [0.05, 0.1) is 5.52 Å². The molecule has 0 spiro atoms. The topological polar surface area (TPSA) is 103 Å². The molecule has 0 saturated carbocycles. The van der Waals surface area contributed by atoms with Crippen molar-refractivity contribution in [1.82, 2.24) is 20.5 Å². The number of carbonyl (C=O) groups excluding carboxylic acids is 2. The minimum absolute atomic E-state index is 0.286. The van der Waals surface area contributed by atoms with Gasteiger partial charge in [-0.25, -0.2) is 4.39 Å². The zero-order chi connectivity index (χ0) is 19.7. The Bertz CT molecular complexity index is 1180. The van der Waals surface area contributed by atoms with Gasteiger partial charge >= 0.3 is 0 Å². The van der Waals surface area contributed by atoms with Crippen LogP contribution in [0.1, 0.15) is 12.5 Å². The third kappa shape index (κ3) is 3.44. The summed E-state index contributed by atoms with van der Waals surface area (Å²) in [5, 5.41) is 13.7. The highest BCUT2D eigenvalue weighted by Gasteiger charge is 2.23. The number of carbonyl (C=O) groups is 2. The Morgan fingerprint density at radius 1 is 1.14 bits per heavy atom. The fourth-order valence-corrected chi connectivity index (χ4v) is 3.27. The van der Waals surface area contributed by atoms with Gasteiger partial charge < -0.3 is 15.6 Å². The highest BCUT2D eigenvalue weighted by molar-refractivity contribution is 6.03. The summed E-state index contributed by atoms with van der Waals surface area (Å²) in [4.78, 5) is 27.7. The van der Waals surface area contributed by atoms with Gasteiger partial charge in [0.15, 0.2) is 5.82 Å². The van der Waals surface area contributed by atoms with Gasteiger partial charge in [0.1, 0.15) is 11.9 Å². The lowest BCUT2D eigenvalue weighted by Crippen LogP contribution is -2.44. The normalized spacial score (nSPS) is 12.2. The molecular formula is C20H18FN5O2. The summed E-state index contributed by atoms with van der Waals surface area (Å²) in [6.45, 7) is 1.36. The number of nitrogens with zero attached hydrogens (tertiary/aromatic N) is 1. The van der Waals surface area contributed by atoms with Crippen LogP contribution in [0.2, 0.25) is 0 Å². The van der Waals surface area contributed by atoms with E-state index in [0.29, 0.717) is 17.3 Å². The van der Waals surface area contributed by atoms with E-state index >= 15 is 0 Å². The molecule has 0 aliphatic heterocycles. The van der Waals surface area contributed by atoms with Crippen LogP contribution in [-0.2, 0) is 16.0 Å². The minimum atomic E-state index is -0.788. The number of amides is 2. The van der Waals surface area contributed by atoms with Crippen molar-refractivity contribution in [3.63, 3.8) is 0 Å². The van der Waals surface area contributed by atoms with Gasteiger partial charge in [-0.1, -0.05) is 18.2 Å². The van der Waals surface area contributed by atoms with E-state index in [2.05, 4.69) is 25.8 Å². The van der Waals surface area contributed by atoms with Crippen LogP contribution < -0.4 is 10.6 Å². The third-order valence-electron chi connectivity index (χ3n) is 4.56. The summed E-state index contributed by atoms with van der Waals surface area (Å²) in [6, 6.07) is 11.1. The number of fused-ring (bicyclic) bond motifs is 2.